The van der Waals surface area contributed by atoms with Crippen LogP contribution in [0.4, 0.5) is 8.78 Å². The first kappa shape index (κ1) is 12.6. The lowest BCUT2D eigenvalue weighted by atomic mass is 9.67. The molecule has 1 fully saturated rings. The van der Waals surface area contributed by atoms with Crippen molar-refractivity contribution in [1.29, 1.82) is 0 Å². The zero-order valence-electron chi connectivity index (χ0n) is 7.80. The standard InChI is InChI=1S/C7H9ClF2O4S/c1-14-5(11)6(4-15(8,12)13)2-7(9,10)3-6/h2-4H2,1H3. The van der Waals surface area contributed by atoms with Gasteiger partial charge in [-0.25, -0.2) is 17.2 Å². The van der Waals surface area contributed by atoms with Crippen LogP contribution in [0.15, 0.2) is 0 Å². The maximum Gasteiger partial charge on any atom is 0.313 e. The molecule has 15 heavy (non-hydrogen) atoms. The first-order chi connectivity index (χ1) is 6.60. The average Bonchev–Trinajstić information content (AvgIpc) is 1.95. The summed E-state index contributed by atoms with van der Waals surface area (Å²) < 4.78 is 51.2. The first-order valence-corrected chi connectivity index (χ1v) is 6.47. The Balaban J connectivity index is 2.88. The number of methoxy groups -OCH3 is 1. The molecular formula is C7H9ClF2O4S. The van der Waals surface area contributed by atoms with E-state index in [4.69, 9.17) is 10.7 Å². The van der Waals surface area contributed by atoms with E-state index in [-0.39, 0.29) is 0 Å². The molecule has 0 saturated heterocycles. The molecular weight excluding hydrogens is 254 g/mol. The van der Waals surface area contributed by atoms with Crippen LogP contribution in [-0.4, -0.2) is 33.2 Å². The smallest absolute Gasteiger partial charge is 0.313 e. The van der Waals surface area contributed by atoms with Gasteiger partial charge in [-0.3, -0.25) is 4.79 Å². The van der Waals surface area contributed by atoms with Crippen molar-refractivity contribution in [1.82, 2.24) is 0 Å². The molecule has 8 heteroatoms. The van der Waals surface area contributed by atoms with E-state index in [1.807, 2.05) is 0 Å². The number of rotatable bonds is 3. The van der Waals surface area contributed by atoms with Gasteiger partial charge in [0.25, 0.3) is 0 Å². The van der Waals surface area contributed by atoms with Gasteiger partial charge in [0.15, 0.2) is 0 Å². The van der Waals surface area contributed by atoms with Crippen LogP contribution >= 0.6 is 10.7 Å². The van der Waals surface area contributed by atoms with E-state index in [0.29, 0.717) is 0 Å². The summed E-state index contributed by atoms with van der Waals surface area (Å²) in [4.78, 5) is 11.2. The van der Waals surface area contributed by atoms with Gasteiger partial charge in [-0.1, -0.05) is 0 Å². The van der Waals surface area contributed by atoms with Crippen LogP contribution in [-0.2, 0) is 18.6 Å². The maximum atomic E-state index is 12.7. The van der Waals surface area contributed by atoms with E-state index >= 15 is 0 Å². The van der Waals surface area contributed by atoms with Crippen LogP contribution in [0.3, 0.4) is 0 Å². The van der Waals surface area contributed by atoms with Gasteiger partial charge in [-0.2, -0.15) is 0 Å². The summed E-state index contributed by atoms with van der Waals surface area (Å²) in [5.74, 6) is -4.79. The minimum atomic E-state index is -4.01. The maximum absolute atomic E-state index is 12.7. The Morgan fingerprint density at radius 3 is 2.20 bits per heavy atom. The van der Waals surface area contributed by atoms with E-state index in [0.717, 1.165) is 7.11 Å². The van der Waals surface area contributed by atoms with Crippen molar-refractivity contribution in [3.63, 3.8) is 0 Å². The highest BCUT2D eigenvalue weighted by atomic mass is 35.7. The van der Waals surface area contributed by atoms with Gasteiger partial charge in [0.05, 0.1) is 18.3 Å². The Morgan fingerprint density at radius 2 is 1.93 bits per heavy atom. The molecule has 88 valence electrons. The summed E-state index contributed by atoms with van der Waals surface area (Å²) in [5.41, 5.74) is -1.68. The van der Waals surface area contributed by atoms with Crippen molar-refractivity contribution in [2.45, 2.75) is 18.8 Å². The van der Waals surface area contributed by atoms with E-state index < -0.39 is 45.0 Å². The fourth-order valence-corrected chi connectivity index (χ4v) is 3.40. The molecule has 0 amide bonds. The third-order valence-electron chi connectivity index (χ3n) is 2.26. The van der Waals surface area contributed by atoms with E-state index in [1.54, 1.807) is 0 Å². The third kappa shape index (κ3) is 2.78. The minimum Gasteiger partial charge on any atom is -0.469 e. The molecule has 0 aromatic rings. The van der Waals surface area contributed by atoms with E-state index in [2.05, 4.69) is 4.74 Å². The summed E-state index contributed by atoms with van der Waals surface area (Å²) in [6.45, 7) is 0. The first-order valence-electron chi connectivity index (χ1n) is 3.99. The quantitative estimate of drug-likeness (QED) is 0.565. The molecule has 0 bridgehead atoms. The molecule has 0 heterocycles. The normalized spacial score (nSPS) is 22.9. The fraction of sp³-hybridized carbons (Fsp3) is 0.857. The highest BCUT2D eigenvalue weighted by molar-refractivity contribution is 8.13. The molecule has 0 spiro atoms. The zero-order chi connectivity index (χ0) is 11.9. The molecule has 0 N–H and O–H groups in total. The Labute approximate surface area is 90.0 Å². The molecule has 1 aliphatic rings. The largest absolute Gasteiger partial charge is 0.469 e. The van der Waals surface area contributed by atoms with Crippen LogP contribution in [0.5, 0.6) is 0 Å². The van der Waals surface area contributed by atoms with Crippen LogP contribution < -0.4 is 0 Å². The second-order valence-corrected chi connectivity index (χ2v) is 6.44. The Bertz CT molecular complexity index is 370. The molecule has 0 unspecified atom stereocenters. The number of alkyl halides is 2. The zero-order valence-corrected chi connectivity index (χ0v) is 9.37. The topological polar surface area (TPSA) is 60.4 Å². The predicted molar refractivity (Wildman–Crippen MR) is 48.3 cm³/mol. The highest BCUT2D eigenvalue weighted by Crippen LogP contribution is 2.53. The van der Waals surface area contributed by atoms with Crippen molar-refractivity contribution in [3.05, 3.63) is 0 Å². The number of ether oxygens (including phenoxy) is 1. The summed E-state index contributed by atoms with van der Waals surface area (Å²) in [5, 5.41) is 0. The van der Waals surface area contributed by atoms with Crippen molar-refractivity contribution in [3.8, 4) is 0 Å². The molecule has 0 atom stereocenters. The minimum absolute atomic E-state index is 0.816. The third-order valence-corrected chi connectivity index (χ3v) is 3.49. The SMILES string of the molecule is COC(=O)C1(CS(=O)(=O)Cl)CC(F)(F)C1. The van der Waals surface area contributed by atoms with E-state index in [1.165, 1.54) is 0 Å². The number of halogens is 3. The Kier molecular flexibility index (Phi) is 2.99. The van der Waals surface area contributed by atoms with Gasteiger partial charge in [0.1, 0.15) is 0 Å². The van der Waals surface area contributed by atoms with Gasteiger partial charge >= 0.3 is 5.97 Å². The van der Waals surface area contributed by atoms with Crippen molar-refractivity contribution < 1.29 is 26.7 Å². The predicted octanol–water partition coefficient (Wildman–Crippen LogP) is 1.14. The molecule has 0 aromatic carbocycles. The Hall–Kier alpha value is -0.430. The second-order valence-electron chi connectivity index (χ2n) is 3.66. The Morgan fingerprint density at radius 1 is 1.47 bits per heavy atom. The lowest BCUT2D eigenvalue weighted by molar-refractivity contribution is -0.191. The van der Waals surface area contributed by atoms with Crippen molar-refractivity contribution in [2.24, 2.45) is 5.41 Å². The van der Waals surface area contributed by atoms with Crippen LogP contribution in [0.1, 0.15) is 12.8 Å². The fourth-order valence-electron chi connectivity index (χ4n) is 1.79. The molecule has 1 aliphatic carbocycles. The summed E-state index contributed by atoms with van der Waals surface area (Å²) in [6.07, 6.45) is -1.67. The molecule has 0 radical (unpaired) electrons. The molecule has 0 aliphatic heterocycles. The second kappa shape index (κ2) is 3.55. The van der Waals surface area contributed by atoms with Gasteiger partial charge in [-0.15, -0.1) is 0 Å². The molecule has 1 saturated carbocycles. The van der Waals surface area contributed by atoms with Gasteiger partial charge in [0, 0.05) is 23.5 Å². The number of hydrogen-bond acceptors (Lipinski definition) is 4. The summed E-state index contributed by atoms with van der Waals surface area (Å²) in [7, 11) is 1.95. The summed E-state index contributed by atoms with van der Waals surface area (Å²) in [6, 6.07) is 0. The summed E-state index contributed by atoms with van der Waals surface area (Å²) >= 11 is 0. The van der Waals surface area contributed by atoms with Gasteiger partial charge in [0.2, 0.25) is 15.0 Å². The molecule has 4 nitrogen and oxygen atoms in total. The molecule has 1 rings (SSSR count). The number of carbonyl (C=O) groups is 1. The average molecular weight is 263 g/mol. The van der Waals surface area contributed by atoms with Crippen molar-refractivity contribution >= 4 is 25.7 Å². The number of carbonyl (C=O) groups excluding carboxylic acids is 1. The van der Waals surface area contributed by atoms with E-state index in [9.17, 15) is 22.0 Å². The number of hydrogen-bond donors (Lipinski definition) is 0. The lowest BCUT2D eigenvalue weighted by Gasteiger charge is -2.43. The number of esters is 1. The van der Waals surface area contributed by atoms with Crippen LogP contribution in [0, 0.1) is 5.41 Å². The van der Waals surface area contributed by atoms with Crippen LogP contribution in [0.25, 0.3) is 0 Å². The van der Waals surface area contributed by atoms with Crippen LogP contribution in [0.2, 0.25) is 0 Å². The monoisotopic (exact) mass is 262 g/mol. The van der Waals surface area contributed by atoms with Gasteiger partial charge < -0.3 is 4.74 Å². The highest BCUT2D eigenvalue weighted by Gasteiger charge is 2.63. The van der Waals surface area contributed by atoms with Gasteiger partial charge in [-0.05, 0) is 0 Å². The lowest BCUT2D eigenvalue weighted by Crippen LogP contribution is -2.54. The molecule has 0 aromatic heterocycles. The van der Waals surface area contributed by atoms with Crippen molar-refractivity contribution in [2.75, 3.05) is 12.9 Å².